The Bertz CT molecular complexity index is 219. The van der Waals surface area contributed by atoms with E-state index in [1.165, 1.54) is 64.7 Å². The summed E-state index contributed by atoms with van der Waals surface area (Å²) in [5, 5.41) is 3.67. The standard InChI is InChI=1S/C17H36N2/c1-5-11-18-14-17(7-3,8-4)15-19(12-6-2)13-16-9-10-16/h16,18H,5-15H2,1-4H3. The van der Waals surface area contributed by atoms with Crippen LogP contribution in [0, 0.1) is 11.3 Å². The lowest BCUT2D eigenvalue weighted by atomic mass is 9.81. The summed E-state index contributed by atoms with van der Waals surface area (Å²) in [4.78, 5) is 2.75. The van der Waals surface area contributed by atoms with E-state index in [0.717, 1.165) is 12.5 Å². The van der Waals surface area contributed by atoms with Gasteiger partial charge in [0.2, 0.25) is 0 Å². The molecule has 0 saturated heterocycles. The molecular formula is C17H36N2. The molecule has 0 atom stereocenters. The molecule has 0 spiro atoms. The number of hydrogen-bond acceptors (Lipinski definition) is 2. The van der Waals surface area contributed by atoms with Crippen molar-refractivity contribution in [2.45, 2.75) is 66.2 Å². The molecule has 1 aliphatic rings. The van der Waals surface area contributed by atoms with Crippen molar-refractivity contribution in [3.8, 4) is 0 Å². The van der Waals surface area contributed by atoms with Crippen molar-refractivity contribution in [3.63, 3.8) is 0 Å². The van der Waals surface area contributed by atoms with Crippen LogP contribution in [0.2, 0.25) is 0 Å². The van der Waals surface area contributed by atoms with E-state index in [1.807, 2.05) is 0 Å². The van der Waals surface area contributed by atoms with E-state index in [0.29, 0.717) is 5.41 Å². The van der Waals surface area contributed by atoms with E-state index in [9.17, 15) is 0 Å². The maximum atomic E-state index is 3.67. The SMILES string of the molecule is CCCNCC(CC)(CC)CN(CCC)CC1CC1. The molecule has 2 nitrogen and oxygen atoms in total. The lowest BCUT2D eigenvalue weighted by Gasteiger charge is -2.38. The summed E-state index contributed by atoms with van der Waals surface area (Å²) in [6.45, 7) is 15.6. The van der Waals surface area contributed by atoms with Crippen LogP contribution >= 0.6 is 0 Å². The summed E-state index contributed by atoms with van der Waals surface area (Å²) in [6, 6.07) is 0. The van der Waals surface area contributed by atoms with Gasteiger partial charge in [0.25, 0.3) is 0 Å². The molecule has 1 rings (SSSR count). The van der Waals surface area contributed by atoms with Gasteiger partial charge in [-0.15, -0.1) is 0 Å². The predicted octanol–water partition coefficient (Wildman–Crippen LogP) is 3.91. The molecule has 1 fully saturated rings. The van der Waals surface area contributed by atoms with Gasteiger partial charge in [0.15, 0.2) is 0 Å². The average molecular weight is 268 g/mol. The molecule has 0 amide bonds. The first-order valence-electron chi connectivity index (χ1n) is 8.62. The molecule has 0 aromatic carbocycles. The van der Waals surface area contributed by atoms with E-state index in [-0.39, 0.29) is 0 Å². The minimum atomic E-state index is 0.485. The van der Waals surface area contributed by atoms with Gasteiger partial charge < -0.3 is 10.2 Å². The Morgan fingerprint density at radius 2 is 1.74 bits per heavy atom. The maximum absolute atomic E-state index is 3.67. The second-order valence-corrected chi connectivity index (χ2v) is 6.56. The normalized spacial score (nSPS) is 16.3. The lowest BCUT2D eigenvalue weighted by molar-refractivity contribution is 0.130. The van der Waals surface area contributed by atoms with E-state index >= 15 is 0 Å². The Labute approximate surface area is 121 Å². The van der Waals surface area contributed by atoms with Crippen molar-refractivity contribution < 1.29 is 0 Å². The quantitative estimate of drug-likeness (QED) is 0.540. The van der Waals surface area contributed by atoms with Crippen LogP contribution in [0.1, 0.15) is 66.2 Å². The summed E-state index contributed by atoms with van der Waals surface area (Å²) in [5.74, 6) is 1.02. The molecule has 0 unspecified atom stereocenters. The highest BCUT2D eigenvalue weighted by Crippen LogP contribution is 2.32. The van der Waals surface area contributed by atoms with Crippen LogP contribution in [0.25, 0.3) is 0 Å². The van der Waals surface area contributed by atoms with Gasteiger partial charge in [-0.1, -0.05) is 27.7 Å². The second-order valence-electron chi connectivity index (χ2n) is 6.56. The molecule has 0 aliphatic heterocycles. The molecule has 0 heterocycles. The molecule has 0 aromatic rings. The minimum Gasteiger partial charge on any atom is -0.316 e. The monoisotopic (exact) mass is 268 g/mol. The van der Waals surface area contributed by atoms with Gasteiger partial charge in [-0.25, -0.2) is 0 Å². The Hall–Kier alpha value is -0.0800. The zero-order valence-electron chi connectivity index (χ0n) is 13.8. The number of nitrogens with one attached hydrogen (secondary N) is 1. The highest BCUT2D eigenvalue weighted by atomic mass is 15.1. The topological polar surface area (TPSA) is 15.3 Å². The van der Waals surface area contributed by atoms with Crippen molar-refractivity contribution >= 4 is 0 Å². The number of hydrogen-bond donors (Lipinski definition) is 1. The summed E-state index contributed by atoms with van der Waals surface area (Å²) >= 11 is 0. The molecular weight excluding hydrogens is 232 g/mol. The third-order valence-corrected chi connectivity index (χ3v) is 4.74. The smallest absolute Gasteiger partial charge is 0.00500 e. The summed E-state index contributed by atoms with van der Waals surface area (Å²) in [5.41, 5.74) is 0.485. The molecule has 0 radical (unpaired) electrons. The van der Waals surface area contributed by atoms with Gasteiger partial charge in [-0.05, 0) is 62.9 Å². The Morgan fingerprint density at radius 1 is 1.05 bits per heavy atom. The first-order valence-corrected chi connectivity index (χ1v) is 8.62. The minimum absolute atomic E-state index is 0.485. The van der Waals surface area contributed by atoms with Crippen molar-refractivity contribution in [2.24, 2.45) is 11.3 Å². The third-order valence-electron chi connectivity index (χ3n) is 4.74. The predicted molar refractivity (Wildman–Crippen MR) is 85.6 cm³/mol. The zero-order chi connectivity index (χ0) is 14.1. The van der Waals surface area contributed by atoms with E-state index in [1.54, 1.807) is 0 Å². The largest absolute Gasteiger partial charge is 0.316 e. The fourth-order valence-electron chi connectivity index (χ4n) is 3.00. The molecule has 0 aromatic heterocycles. The first-order chi connectivity index (χ1) is 9.19. The Balaban J connectivity index is 2.50. The molecule has 2 heteroatoms. The fraction of sp³-hybridized carbons (Fsp3) is 1.00. The third kappa shape index (κ3) is 6.27. The van der Waals surface area contributed by atoms with Crippen molar-refractivity contribution in [3.05, 3.63) is 0 Å². The fourth-order valence-corrected chi connectivity index (χ4v) is 3.00. The number of rotatable bonds is 12. The molecule has 19 heavy (non-hydrogen) atoms. The second kappa shape index (κ2) is 8.97. The van der Waals surface area contributed by atoms with Gasteiger partial charge in [0.05, 0.1) is 0 Å². The highest BCUT2D eigenvalue weighted by molar-refractivity contribution is 4.85. The van der Waals surface area contributed by atoms with Crippen LogP contribution in [0.3, 0.4) is 0 Å². The molecule has 1 aliphatic carbocycles. The van der Waals surface area contributed by atoms with Gasteiger partial charge >= 0.3 is 0 Å². The van der Waals surface area contributed by atoms with Crippen LogP contribution in [0.4, 0.5) is 0 Å². The van der Waals surface area contributed by atoms with Crippen LogP contribution in [0.5, 0.6) is 0 Å². The van der Waals surface area contributed by atoms with Crippen molar-refractivity contribution in [1.82, 2.24) is 10.2 Å². The van der Waals surface area contributed by atoms with Crippen LogP contribution in [-0.2, 0) is 0 Å². The van der Waals surface area contributed by atoms with Crippen LogP contribution < -0.4 is 5.32 Å². The van der Waals surface area contributed by atoms with Gasteiger partial charge in [-0.2, -0.15) is 0 Å². The van der Waals surface area contributed by atoms with Gasteiger partial charge in [0, 0.05) is 19.6 Å². The zero-order valence-corrected chi connectivity index (χ0v) is 13.8. The molecule has 1 saturated carbocycles. The average Bonchev–Trinajstić information content (AvgIpc) is 3.22. The number of nitrogens with zero attached hydrogens (tertiary/aromatic N) is 1. The van der Waals surface area contributed by atoms with Gasteiger partial charge in [-0.3, -0.25) is 0 Å². The van der Waals surface area contributed by atoms with Crippen molar-refractivity contribution in [2.75, 3.05) is 32.7 Å². The van der Waals surface area contributed by atoms with E-state index in [4.69, 9.17) is 0 Å². The first kappa shape index (κ1) is 17.0. The highest BCUT2D eigenvalue weighted by Gasteiger charge is 2.31. The van der Waals surface area contributed by atoms with E-state index < -0.39 is 0 Å². The molecule has 1 N–H and O–H groups in total. The summed E-state index contributed by atoms with van der Waals surface area (Å²) in [6.07, 6.45) is 8.07. The maximum Gasteiger partial charge on any atom is 0.00500 e. The van der Waals surface area contributed by atoms with E-state index in [2.05, 4.69) is 37.9 Å². The summed E-state index contributed by atoms with van der Waals surface area (Å²) in [7, 11) is 0. The molecule has 0 bridgehead atoms. The lowest BCUT2D eigenvalue weighted by Crippen LogP contribution is -2.44. The Kier molecular flexibility index (Phi) is 8.01. The molecule has 114 valence electrons. The van der Waals surface area contributed by atoms with Crippen LogP contribution in [-0.4, -0.2) is 37.6 Å². The Morgan fingerprint density at radius 3 is 2.21 bits per heavy atom. The van der Waals surface area contributed by atoms with Crippen molar-refractivity contribution in [1.29, 1.82) is 0 Å². The summed E-state index contributed by atoms with van der Waals surface area (Å²) < 4.78 is 0. The van der Waals surface area contributed by atoms with Crippen LogP contribution in [0.15, 0.2) is 0 Å². The van der Waals surface area contributed by atoms with Gasteiger partial charge in [0.1, 0.15) is 0 Å².